The largest absolute Gasteiger partial charge is 0.494 e. The first-order chi connectivity index (χ1) is 9.60. The molecule has 104 valence electrons. The Kier molecular flexibility index (Phi) is 4.42. The van der Waals surface area contributed by atoms with Crippen molar-refractivity contribution < 1.29 is 9.53 Å². The maximum absolute atomic E-state index is 12.0. The van der Waals surface area contributed by atoms with Crippen molar-refractivity contribution in [3.8, 4) is 5.75 Å². The van der Waals surface area contributed by atoms with Crippen LogP contribution in [0, 0.1) is 0 Å². The number of carbonyl (C=O) groups is 1. The molecule has 0 aliphatic rings. The third-order valence-corrected chi connectivity index (χ3v) is 2.75. The van der Waals surface area contributed by atoms with Gasteiger partial charge in [0, 0.05) is 11.9 Å². The number of pyridine rings is 1. The zero-order chi connectivity index (χ0) is 14.5. The second kappa shape index (κ2) is 6.25. The lowest BCUT2D eigenvalue weighted by Gasteiger charge is -2.07. The average molecular weight is 293 g/mol. The van der Waals surface area contributed by atoms with Gasteiger partial charge in [0.15, 0.2) is 0 Å². The zero-order valence-corrected chi connectivity index (χ0v) is 11.5. The number of amides is 1. The summed E-state index contributed by atoms with van der Waals surface area (Å²) in [5.41, 5.74) is 0.0436. The Hall–Kier alpha value is -2.27. The van der Waals surface area contributed by atoms with Gasteiger partial charge in [-0.2, -0.15) is 0 Å². The van der Waals surface area contributed by atoms with Gasteiger partial charge in [0.05, 0.1) is 11.6 Å². The molecule has 1 aromatic carbocycles. The summed E-state index contributed by atoms with van der Waals surface area (Å²) < 4.78 is 5.30. The van der Waals surface area contributed by atoms with E-state index in [-0.39, 0.29) is 5.56 Å². The summed E-state index contributed by atoms with van der Waals surface area (Å²) in [4.78, 5) is 25.9. The molecule has 1 amide bonds. The quantitative estimate of drug-likeness (QED) is 0.910. The highest BCUT2D eigenvalue weighted by Gasteiger charge is 2.11. The van der Waals surface area contributed by atoms with Crippen molar-refractivity contribution in [3.63, 3.8) is 0 Å². The van der Waals surface area contributed by atoms with Crippen molar-refractivity contribution in [2.75, 3.05) is 11.9 Å². The topological polar surface area (TPSA) is 71.2 Å². The summed E-state index contributed by atoms with van der Waals surface area (Å²) in [6.07, 6.45) is 1.33. The first-order valence-electron chi connectivity index (χ1n) is 6.02. The number of benzene rings is 1. The highest BCUT2D eigenvalue weighted by molar-refractivity contribution is 6.30. The van der Waals surface area contributed by atoms with Gasteiger partial charge in [0.2, 0.25) is 0 Å². The number of H-pyrrole nitrogens is 1. The predicted molar refractivity (Wildman–Crippen MR) is 77.6 cm³/mol. The molecule has 6 heteroatoms. The lowest BCUT2D eigenvalue weighted by Crippen LogP contribution is -2.22. The maximum Gasteiger partial charge on any atom is 0.261 e. The zero-order valence-electron chi connectivity index (χ0n) is 10.8. The first kappa shape index (κ1) is 14.1. The third kappa shape index (κ3) is 3.39. The summed E-state index contributed by atoms with van der Waals surface area (Å²) >= 11 is 5.75. The van der Waals surface area contributed by atoms with Gasteiger partial charge < -0.3 is 15.0 Å². The van der Waals surface area contributed by atoms with Gasteiger partial charge in [-0.05, 0) is 37.3 Å². The van der Waals surface area contributed by atoms with Crippen LogP contribution in [0.4, 0.5) is 5.69 Å². The van der Waals surface area contributed by atoms with Crippen LogP contribution in [0.15, 0.2) is 41.3 Å². The first-order valence-corrected chi connectivity index (χ1v) is 6.40. The van der Waals surface area contributed by atoms with Crippen molar-refractivity contribution in [1.82, 2.24) is 4.98 Å². The molecule has 2 N–H and O–H groups in total. The maximum atomic E-state index is 12.0. The minimum absolute atomic E-state index is 0.0358. The Morgan fingerprint density at radius 1 is 1.35 bits per heavy atom. The van der Waals surface area contributed by atoms with Crippen LogP contribution >= 0.6 is 11.6 Å². The summed E-state index contributed by atoms with van der Waals surface area (Å²) in [5.74, 6) is 0.198. The van der Waals surface area contributed by atoms with E-state index in [0.29, 0.717) is 23.1 Å². The van der Waals surface area contributed by atoms with Crippen LogP contribution in [0.3, 0.4) is 0 Å². The molecule has 0 bridgehead atoms. The van der Waals surface area contributed by atoms with Crippen LogP contribution in [-0.2, 0) is 0 Å². The van der Waals surface area contributed by atoms with Gasteiger partial charge in [0.25, 0.3) is 11.5 Å². The molecule has 0 spiro atoms. The fraction of sp³-hybridized carbons (Fsp3) is 0.143. The number of aromatic amines is 1. The number of nitrogens with one attached hydrogen (secondary N) is 2. The van der Waals surface area contributed by atoms with E-state index in [4.69, 9.17) is 16.3 Å². The highest BCUT2D eigenvalue weighted by atomic mass is 35.5. The van der Waals surface area contributed by atoms with Crippen molar-refractivity contribution >= 4 is 23.2 Å². The standard InChI is InChI=1S/C14H13ClN2O3/c1-2-20-11-5-3-10(4-6-11)17-14(19)12-7-9(15)8-16-13(12)18/h3-8H,2H2,1H3,(H,16,18)(H,17,19). The third-order valence-electron chi connectivity index (χ3n) is 2.54. The van der Waals surface area contributed by atoms with E-state index in [2.05, 4.69) is 10.3 Å². The molecule has 1 aromatic heterocycles. The Morgan fingerprint density at radius 3 is 2.70 bits per heavy atom. The summed E-state index contributed by atoms with van der Waals surface area (Å²) in [7, 11) is 0. The number of rotatable bonds is 4. The number of aromatic nitrogens is 1. The number of carbonyl (C=O) groups excluding carboxylic acids is 1. The Labute approximate surface area is 120 Å². The minimum Gasteiger partial charge on any atom is -0.494 e. The Balaban J connectivity index is 2.15. The van der Waals surface area contributed by atoms with E-state index in [1.54, 1.807) is 24.3 Å². The second-order valence-electron chi connectivity index (χ2n) is 3.97. The molecule has 0 aliphatic heterocycles. The number of anilines is 1. The van der Waals surface area contributed by atoms with E-state index in [1.165, 1.54) is 12.3 Å². The molecular formula is C14H13ClN2O3. The van der Waals surface area contributed by atoms with Gasteiger partial charge >= 0.3 is 0 Å². The molecule has 2 rings (SSSR count). The average Bonchev–Trinajstić information content (AvgIpc) is 2.44. The fourth-order valence-corrected chi connectivity index (χ4v) is 1.79. The van der Waals surface area contributed by atoms with E-state index in [0.717, 1.165) is 0 Å². The van der Waals surface area contributed by atoms with Crippen LogP contribution in [0.1, 0.15) is 17.3 Å². The van der Waals surface area contributed by atoms with Crippen molar-refractivity contribution in [2.24, 2.45) is 0 Å². The Morgan fingerprint density at radius 2 is 2.05 bits per heavy atom. The molecule has 0 unspecified atom stereocenters. The second-order valence-corrected chi connectivity index (χ2v) is 4.41. The van der Waals surface area contributed by atoms with Crippen molar-refractivity contribution in [3.05, 3.63) is 57.5 Å². The van der Waals surface area contributed by atoms with Crippen molar-refractivity contribution in [2.45, 2.75) is 6.92 Å². The summed E-state index contributed by atoms with van der Waals surface area (Å²) in [6, 6.07) is 8.19. The monoisotopic (exact) mass is 292 g/mol. The van der Waals surface area contributed by atoms with Crippen LogP contribution < -0.4 is 15.6 Å². The summed E-state index contributed by atoms with van der Waals surface area (Å²) in [5, 5.41) is 2.92. The number of hydrogen-bond acceptors (Lipinski definition) is 3. The highest BCUT2D eigenvalue weighted by Crippen LogP contribution is 2.16. The number of ether oxygens (including phenoxy) is 1. The molecular weight excluding hydrogens is 280 g/mol. The normalized spacial score (nSPS) is 10.1. The van der Waals surface area contributed by atoms with Crippen molar-refractivity contribution in [1.29, 1.82) is 0 Å². The molecule has 5 nitrogen and oxygen atoms in total. The van der Waals surface area contributed by atoms with Crippen LogP contribution in [0.2, 0.25) is 5.02 Å². The SMILES string of the molecule is CCOc1ccc(NC(=O)c2cc(Cl)c[nH]c2=O)cc1. The molecule has 2 aromatic rings. The van der Waals surface area contributed by atoms with Gasteiger partial charge in [-0.25, -0.2) is 0 Å². The molecule has 1 heterocycles. The predicted octanol–water partition coefficient (Wildman–Crippen LogP) is 2.68. The minimum atomic E-state index is -0.516. The molecule has 0 saturated carbocycles. The van der Waals surface area contributed by atoms with E-state index >= 15 is 0 Å². The lowest BCUT2D eigenvalue weighted by atomic mass is 10.2. The molecule has 0 radical (unpaired) electrons. The Bertz CT molecular complexity index is 665. The van der Waals surface area contributed by atoms with E-state index in [1.807, 2.05) is 6.92 Å². The van der Waals surface area contributed by atoms with Crippen LogP contribution in [0.25, 0.3) is 0 Å². The molecule has 0 atom stereocenters. The van der Waals surface area contributed by atoms with Gasteiger partial charge in [-0.3, -0.25) is 9.59 Å². The number of hydrogen-bond donors (Lipinski definition) is 2. The van der Waals surface area contributed by atoms with Crippen LogP contribution in [-0.4, -0.2) is 17.5 Å². The lowest BCUT2D eigenvalue weighted by molar-refractivity contribution is 0.102. The molecule has 0 fully saturated rings. The van der Waals surface area contributed by atoms with Gasteiger partial charge in [0.1, 0.15) is 11.3 Å². The fourth-order valence-electron chi connectivity index (χ4n) is 1.63. The van der Waals surface area contributed by atoms with Gasteiger partial charge in [-0.15, -0.1) is 0 Å². The van der Waals surface area contributed by atoms with Crippen LogP contribution in [0.5, 0.6) is 5.75 Å². The van der Waals surface area contributed by atoms with E-state index < -0.39 is 11.5 Å². The number of halogens is 1. The molecule has 20 heavy (non-hydrogen) atoms. The smallest absolute Gasteiger partial charge is 0.261 e. The van der Waals surface area contributed by atoms with E-state index in [9.17, 15) is 9.59 Å². The van der Waals surface area contributed by atoms with Gasteiger partial charge in [-0.1, -0.05) is 11.6 Å². The molecule has 0 saturated heterocycles. The molecule has 0 aliphatic carbocycles. The summed E-state index contributed by atoms with van der Waals surface area (Å²) in [6.45, 7) is 2.46.